The standard InChI is InChI=1S/C23H28N2/c1-7-16(3)15-24-17(4)9-10-20(8-2)18(5)22-13-14-23(21-11-12-21)25-19(22)6/h7-10,13-15,21H,1,5,11-12H2,2-4,6H3/b10-9-,16-15+,20-8+,24-17+. The fraction of sp³-hybridized carbons (Fsp3) is 0.304. The Labute approximate surface area is 152 Å². The van der Waals surface area contributed by atoms with Crippen LogP contribution in [-0.2, 0) is 0 Å². The van der Waals surface area contributed by atoms with Crippen molar-refractivity contribution in [2.75, 3.05) is 0 Å². The van der Waals surface area contributed by atoms with Crippen molar-refractivity contribution in [2.24, 2.45) is 4.99 Å². The van der Waals surface area contributed by atoms with Crippen LogP contribution in [0.3, 0.4) is 0 Å². The van der Waals surface area contributed by atoms with Crippen molar-refractivity contribution in [1.82, 2.24) is 4.98 Å². The Morgan fingerprint density at radius 2 is 1.96 bits per heavy atom. The summed E-state index contributed by atoms with van der Waals surface area (Å²) in [5.41, 5.74) is 7.45. The summed E-state index contributed by atoms with van der Waals surface area (Å²) in [6.07, 6.45) is 12.3. The van der Waals surface area contributed by atoms with Crippen LogP contribution < -0.4 is 0 Å². The van der Waals surface area contributed by atoms with Gasteiger partial charge in [0.15, 0.2) is 0 Å². The van der Waals surface area contributed by atoms with E-state index in [1.807, 2.05) is 33.0 Å². The van der Waals surface area contributed by atoms with Crippen molar-refractivity contribution in [2.45, 2.75) is 46.5 Å². The molecule has 130 valence electrons. The Morgan fingerprint density at radius 1 is 1.24 bits per heavy atom. The Balaban J connectivity index is 2.16. The highest BCUT2D eigenvalue weighted by Gasteiger charge is 2.25. The van der Waals surface area contributed by atoms with Gasteiger partial charge in [0.25, 0.3) is 0 Å². The highest BCUT2D eigenvalue weighted by molar-refractivity contribution is 5.95. The van der Waals surface area contributed by atoms with E-state index in [0.717, 1.165) is 33.7 Å². The third kappa shape index (κ3) is 5.25. The molecule has 1 aromatic heterocycles. The second kappa shape index (κ2) is 8.57. The largest absolute Gasteiger partial charge is 0.261 e. The van der Waals surface area contributed by atoms with Gasteiger partial charge in [-0.05, 0) is 69.4 Å². The van der Waals surface area contributed by atoms with E-state index in [1.165, 1.54) is 18.5 Å². The number of pyridine rings is 1. The van der Waals surface area contributed by atoms with E-state index in [-0.39, 0.29) is 0 Å². The monoisotopic (exact) mass is 332 g/mol. The summed E-state index contributed by atoms with van der Waals surface area (Å²) in [6, 6.07) is 4.31. The summed E-state index contributed by atoms with van der Waals surface area (Å²) in [5.74, 6) is 0.674. The molecule has 1 aliphatic carbocycles. The van der Waals surface area contributed by atoms with E-state index in [0.29, 0.717) is 5.92 Å². The summed E-state index contributed by atoms with van der Waals surface area (Å²) >= 11 is 0. The molecule has 0 aliphatic heterocycles. The Hall–Kier alpha value is -2.48. The van der Waals surface area contributed by atoms with Crippen molar-refractivity contribution in [1.29, 1.82) is 0 Å². The zero-order chi connectivity index (χ0) is 18.4. The molecule has 0 saturated heterocycles. The number of rotatable bonds is 7. The fourth-order valence-corrected chi connectivity index (χ4v) is 2.54. The molecule has 2 heteroatoms. The molecule has 0 unspecified atom stereocenters. The van der Waals surface area contributed by atoms with Gasteiger partial charge in [-0.2, -0.15) is 0 Å². The number of aromatic nitrogens is 1. The quantitative estimate of drug-likeness (QED) is 0.423. The van der Waals surface area contributed by atoms with Gasteiger partial charge in [0.1, 0.15) is 0 Å². The lowest BCUT2D eigenvalue weighted by molar-refractivity contribution is 0.990. The molecule has 0 amide bonds. The molecule has 2 rings (SSSR count). The molecule has 1 heterocycles. The first-order chi connectivity index (χ1) is 12.0. The molecule has 25 heavy (non-hydrogen) atoms. The second-order valence-corrected chi connectivity index (χ2v) is 6.55. The molecular formula is C23H28N2. The summed E-state index contributed by atoms with van der Waals surface area (Å²) in [6.45, 7) is 16.1. The predicted molar refractivity (Wildman–Crippen MR) is 110 cm³/mol. The van der Waals surface area contributed by atoms with Gasteiger partial charge in [0.05, 0.1) is 0 Å². The van der Waals surface area contributed by atoms with Crippen LogP contribution in [0.25, 0.3) is 5.57 Å². The van der Waals surface area contributed by atoms with Gasteiger partial charge in [0, 0.05) is 34.8 Å². The van der Waals surface area contributed by atoms with E-state index >= 15 is 0 Å². The van der Waals surface area contributed by atoms with E-state index in [9.17, 15) is 0 Å². The number of aryl methyl sites for hydroxylation is 1. The van der Waals surface area contributed by atoms with E-state index in [2.05, 4.69) is 49.4 Å². The number of nitrogens with zero attached hydrogens (tertiary/aromatic N) is 2. The lowest BCUT2D eigenvalue weighted by atomic mass is 9.97. The Bertz CT molecular complexity index is 784. The highest BCUT2D eigenvalue weighted by atomic mass is 14.7. The number of hydrogen-bond acceptors (Lipinski definition) is 2. The smallest absolute Gasteiger partial charge is 0.0454 e. The first-order valence-electron chi connectivity index (χ1n) is 8.81. The van der Waals surface area contributed by atoms with Gasteiger partial charge in [-0.3, -0.25) is 9.98 Å². The van der Waals surface area contributed by atoms with E-state index in [4.69, 9.17) is 4.98 Å². The molecule has 0 aromatic carbocycles. The minimum atomic E-state index is 0.674. The van der Waals surface area contributed by atoms with Crippen LogP contribution >= 0.6 is 0 Å². The maximum atomic E-state index is 4.77. The summed E-state index contributed by atoms with van der Waals surface area (Å²) in [5, 5.41) is 0. The molecule has 0 radical (unpaired) electrons. The fourth-order valence-electron chi connectivity index (χ4n) is 2.54. The van der Waals surface area contributed by atoms with Gasteiger partial charge in [-0.1, -0.05) is 37.5 Å². The first kappa shape index (κ1) is 18.9. The molecule has 1 saturated carbocycles. The average molecular weight is 332 g/mol. The van der Waals surface area contributed by atoms with Crippen LogP contribution in [0.4, 0.5) is 0 Å². The van der Waals surface area contributed by atoms with Crippen LogP contribution in [0, 0.1) is 6.92 Å². The minimum Gasteiger partial charge on any atom is -0.261 e. The molecule has 1 fully saturated rings. The molecule has 0 spiro atoms. The first-order valence-corrected chi connectivity index (χ1v) is 8.81. The normalized spacial score (nSPS) is 16.4. The maximum Gasteiger partial charge on any atom is 0.0454 e. The lowest BCUT2D eigenvalue weighted by Crippen LogP contribution is -1.97. The van der Waals surface area contributed by atoms with Crippen molar-refractivity contribution >= 4 is 11.3 Å². The highest BCUT2D eigenvalue weighted by Crippen LogP contribution is 2.39. The molecule has 0 N–H and O–H groups in total. The van der Waals surface area contributed by atoms with Crippen molar-refractivity contribution in [3.05, 3.63) is 83.9 Å². The molecule has 1 aliphatic rings. The molecule has 0 bridgehead atoms. The van der Waals surface area contributed by atoms with Crippen LogP contribution in [0.2, 0.25) is 0 Å². The van der Waals surface area contributed by atoms with Crippen LogP contribution in [0.1, 0.15) is 56.5 Å². The SMILES string of the molecule is C=C/C(C)=C/N=C(C)/C=C\C(=C/C)C(=C)c1ccc(C2CC2)nc1C. The Kier molecular flexibility index (Phi) is 6.46. The van der Waals surface area contributed by atoms with E-state index < -0.39 is 0 Å². The zero-order valence-electron chi connectivity index (χ0n) is 15.8. The van der Waals surface area contributed by atoms with Crippen LogP contribution in [-0.4, -0.2) is 10.7 Å². The number of aliphatic imine (C=N–C) groups is 1. The lowest BCUT2D eigenvalue weighted by Gasteiger charge is -2.11. The van der Waals surface area contributed by atoms with Gasteiger partial charge in [0.2, 0.25) is 0 Å². The topological polar surface area (TPSA) is 25.2 Å². The number of hydrogen-bond donors (Lipinski definition) is 0. The Morgan fingerprint density at radius 3 is 2.52 bits per heavy atom. The van der Waals surface area contributed by atoms with Gasteiger partial charge >= 0.3 is 0 Å². The summed E-state index contributed by atoms with van der Waals surface area (Å²) < 4.78 is 0. The predicted octanol–water partition coefficient (Wildman–Crippen LogP) is 6.33. The second-order valence-electron chi connectivity index (χ2n) is 6.55. The third-order valence-electron chi connectivity index (χ3n) is 4.39. The van der Waals surface area contributed by atoms with Crippen LogP contribution in [0.15, 0.2) is 71.9 Å². The molecule has 2 nitrogen and oxygen atoms in total. The van der Waals surface area contributed by atoms with E-state index in [1.54, 1.807) is 6.08 Å². The number of allylic oxidation sites excluding steroid dienone is 7. The molecule has 0 atom stereocenters. The molecule has 1 aromatic rings. The van der Waals surface area contributed by atoms with Crippen LogP contribution in [0.5, 0.6) is 0 Å². The van der Waals surface area contributed by atoms with Crippen molar-refractivity contribution in [3.8, 4) is 0 Å². The van der Waals surface area contributed by atoms with Gasteiger partial charge in [-0.25, -0.2) is 0 Å². The average Bonchev–Trinajstić information content (AvgIpc) is 3.44. The third-order valence-corrected chi connectivity index (χ3v) is 4.39. The zero-order valence-corrected chi connectivity index (χ0v) is 15.8. The van der Waals surface area contributed by atoms with Crippen molar-refractivity contribution < 1.29 is 0 Å². The minimum absolute atomic E-state index is 0.674. The van der Waals surface area contributed by atoms with Gasteiger partial charge < -0.3 is 0 Å². The van der Waals surface area contributed by atoms with Gasteiger partial charge in [-0.15, -0.1) is 0 Å². The maximum absolute atomic E-state index is 4.77. The van der Waals surface area contributed by atoms with Crippen molar-refractivity contribution in [3.63, 3.8) is 0 Å². The summed E-state index contributed by atoms with van der Waals surface area (Å²) in [4.78, 5) is 9.19. The molecular weight excluding hydrogens is 304 g/mol. The summed E-state index contributed by atoms with van der Waals surface area (Å²) in [7, 11) is 0.